The number of halogens is 1. The Labute approximate surface area is 115 Å². The molecule has 1 saturated heterocycles. The standard InChI is InChI=1S/C13H14ClN3O2/c14-10-3-1-9(2-4-10)11-16-12(19-17-11)13(15)5-7-18-8-6-13/h1-4H,5-8,15H2. The van der Waals surface area contributed by atoms with Gasteiger partial charge in [0.15, 0.2) is 0 Å². The first kappa shape index (κ1) is 12.6. The first-order chi connectivity index (χ1) is 9.17. The van der Waals surface area contributed by atoms with E-state index in [1.807, 2.05) is 12.1 Å². The monoisotopic (exact) mass is 279 g/mol. The number of aromatic nitrogens is 2. The molecule has 3 rings (SSSR count). The molecule has 2 heterocycles. The van der Waals surface area contributed by atoms with Crippen molar-refractivity contribution < 1.29 is 9.26 Å². The van der Waals surface area contributed by atoms with Crippen molar-refractivity contribution in [1.29, 1.82) is 0 Å². The maximum atomic E-state index is 6.30. The zero-order valence-electron chi connectivity index (χ0n) is 10.3. The van der Waals surface area contributed by atoms with Gasteiger partial charge in [-0.15, -0.1) is 0 Å². The van der Waals surface area contributed by atoms with Gasteiger partial charge in [0.05, 0.1) is 0 Å². The van der Waals surface area contributed by atoms with Crippen LogP contribution in [-0.2, 0) is 10.3 Å². The van der Waals surface area contributed by atoms with Crippen molar-refractivity contribution in [2.45, 2.75) is 18.4 Å². The Balaban J connectivity index is 1.88. The molecule has 0 aliphatic carbocycles. The Morgan fingerprint density at radius 1 is 1.16 bits per heavy atom. The van der Waals surface area contributed by atoms with Crippen LogP contribution in [0.2, 0.25) is 5.02 Å². The van der Waals surface area contributed by atoms with Crippen molar-refractivity contribution in [3.8, 4) is 11.4 Å². The molecule has 1 aromatic heterocycles. The predicted octanol–water partition coefficient (Wildman–Crippen LogP) is 2.35. The molecule has 0 saturated carbocycles. The van der Waals surface area contributed by atoms with E-state index in [1.165, 1.54) is 0 Å². The molecule has 0 unspecified atom stereocenters. The summed E-state index contributed by atoms with van der Waals surface area (Å²) < 4.78 is 10.6. The maximum absolute atomic E-state index is 6.30. The molecule has 2 aromatic rings. The summed E-state index contributed by atoms with van der Waals surface area (Å²) in [6.45, 7) is 1.24. The Bertz CT molecular complexity index is 562. The Morgan fingerprint density at radius 2 is 1.84 bits per heavy atom. The van der Waals surface area contributed by atoms with Gasteiger partial charge in [0.1, 0.15) is 5.54 Å². The number of hydrogen-bond acceptors (Lipinski definition) is 5. The maximum Gasteiger partial charge on any atom is 0.247 e. The lowest BCUT2D eigenvalue weighted by molar-refractivity contribution is 0.0400. The smallest absolute Gasteiger partial charge is 0.247 e. The van der Waals surface area contributed by atoms with Crippen molar-refractivity contribution >= 4 is 11.6 Å². The van der Waals surface area contributed by atoms with Gasteiger partial charge >= 0.3 is 0 Å². The average molecular weight is 280 g/mol. The minimum atomic E-state index is -0.573. The molecule has 6 heteroatoms. The number of benzene rings is 1. The highest BCUT2D eigenvalue weighted by molar-refractivity contribution is 6.30. The molecular formula is C13H14ClN3O2. The first-order valence-electron chi connectivity index (χ1n) is 6.14. The predicted molar refractivity (Wildman–Crippen MR) is 70.7 cm³/mol. The van der Waals surface area contributed by atoms with Gasteiger partial charge in [0.2, 0.25) is 11.7 Å². The zero-order chi connectivity index (χ0) is 13.3. The van der Waals surface area contributed by atoms with Crippen LogP contribution < -0.4 is 5.73 Å². The molecule has 1 aromatic carbocycles. The largest absolute Gasteiger partial charge is 0.381 e. The van der Waals surface area contributed by atoms with Gasteiger partial charge in [-0.2, -0.15) is 4.98 Å². The zero-order valence-corrected chi connectivity index (χ0v) is 11.1. The van der Waals surface area contributed by atoms with Crippen LogP contribution in [0.3, 0.4) is 0 Å². The minimum absolute atomic E-state index is 0.473. The number of nitrogens with two attached hydrogens (primary N) is 1. The third-order valence-electron chi connectivity index (χ3n) is 3.34. The summed E-state index contributed by atoms with van der Waals surface area (Å²) in [7, 11) is 0. The van der Waals surface area contributed by atoms with E-state index < -0.39 is 5.54 Å². The molecule has 1 aliphatic heterocycles. The summed E-state index contributed by atoms with van der Waals surface area (Å²) >= 11 is 5.85. The van der Waals surface area contributed by atoms with Crippen LogP contribution in [-0.4, -0.2) is 23.4 Å². The van der Waals surface area contributed by atoms with Crippen LogP contribution in [0.15, 0.2) is 28.8 Å². The number of hydrogen-bond donors (Lipinski definition) is 1. The van der Waals surface area contributed by atoms with E-state index in [4.69, 9.17) is 26.6 Å². The molecule has 5 nitrogen and oxygen atoms in total. The fourth-order valence-corrected chi connectivity index (χ4v) is 2.22. The minimum Gasteiger partial charge on any atom is -0.381 e. The van der Waals surface area contributed by atoms with Crippen LogP contribution in [0, 0.1) is 0 Å². The van der Waals surface area contributed by atoms with Crippen molar-refractivity contribution in [1.82, 2.24) is 10.1 Å². The molecule has 0 amide bonds. The van der Waals surface area contributed by atoms with E-state index in [9.17, 15) is 0 Å². The summed E-state index contributed by atoms with van der Waals surface area (Å²) in [6, 6.07) is 7.29. The lowest BCUT2D eigenvalue weighted by atomic mass is 9.91. The van der Waals surface area contributed by atoms with Crippen LogP contribution >= 0.6 is 11.6 Å². The lowest BCUT2D eigenvalue weighted by Crippen LogP contribution is -2.42. The summed E-state index contributed by atoms with van der Waals surface area (Å²) in [5.41, 5.74) is 6.58. The lowest BCUT2D eigenvalue weighted by Gasteiger charge is -2.29. The highest BCUT2D eigenvalue weighted by atomic mass is 35.5. The van der Waals surface area contributed by atoms with Gasteiger partial charge in [0.25, 0.3) is 0 Å². The van der Waals surface area contributed by atoms with Crippen molar-refractivity contribution in [2.24, 2.45) is 5.73 Å². The third-order valence-corrected chi connectivity index (χ3v) is 3.59. The summed E-state index contributed by atoms with van der Waals surface area (Å²) in [5, 5.41) is 4.66. The fourth-order valence-electron chi connectivity index (χ4n) is 2.09. The molecule has 1 aliphatic rings. The van der Waals surface area contributed by atoms with Gasteiger partial charge in [-0.05, 0) is 37.1 Å². The Kier molecular flexibility index (Phi) is 3.26. The van der Waals surface area contributed by atoms with Gasteiger partial charge in [0, 0.05) is 23.8 Å². The van der Waals surface area contributed by atoms with Gasteiger partial charge < -0.3 is 15.0 Å². The van der Waals surface area contributed by atoms with E-state index in [1.54, 1.807) is 12.1 Å². The quantitative estimate of drug-likeness (QED) is 0.913. The number of nitrogens with zero attached hydrogens (tertiary/aromatic N) is 2. The van der Waals surface area contributed by atoms with E-state index in [2.05, 4.69) is 10.1 Å². The van der Waals surface area contributed by atoms with E-state index in [0.717, 1.165) is 5.56 Å². The normalized spacial score (nSPS) is 18.4. The molecule has 100 valence electrons. The molecular weight excluding hydrogens is 266 g/mol. The molecule has 19 heavy (non-hydrogen) atoms. The fraction of sp³-hybridized carbons (Fsp3) is 0.385. The number of rotatable bonds is 2. The molecule has 0 bridgehead atoms. The van der Waals surface area contributed by atoms with E-state index in [-0.39, 0.29) is 0 Å². The molecule has 2 N–H and O–H groups in total. The molecule has 1 fully saturated rings. The van der Waals surface area contributed by atoms with Crippen LogP contribution in [0.25, 0.3) is 11.4 Å². The van der Waals surface area contributed by atoms with Crippen molar-refractivity contribution in [3.05, 3.63) is 35.2 Å². The van der Waals surface area contributed by atoms with Gasteiger partial charge in [-0.25, -0.2) is 0 Å². The van der Waals surface area contributed by atoms with Crippen molar-refractivity contribution in [2.75, 3.05) is 13.2 Å². The number of ether oxygens (including phenoxy) is 1. The summed E-state index contributed by atoms with van der Waals surface area (Å²) in [5.74, 6) is 1.00. The van der Waals surface area contributed by atoms with E-state index >= 15 is 0 Å². The summed E-state index contributed by atoms with van der Waals surface area (Å²) in [6.07, 6.45) is 1.38. The van der Waals surface area contributed by atoms with Gasteiger partial charge in [-0.1, -0.05) is 16.8 Å². The topological polar surface area (TPSA) is 74.2 Å². The molecule has 0 spiro atoms. The first-order valence-corrected chi connectivity index (χ1v) is 6.52. The Morgan fingerprint density at radius 3 is 2.53 bits per heavy atom. The van der Waals surface area contributed by atoms with Crippen LogP contribution in [0.4, 0.5) is 0 Å². The van der Waals surface area contributed by atoms with Gasteiger partial charge in [-0.3, -0.25) is 0 Å². The second-order valence-corrected chi connectivity index (χ2v) is 5.13. The molecule has 0 atom stereocenters. The Hall–Kier alpha value is -1.43. The van der Waals surface area contributed by atoms with Crippen LogP contribution in [0.5, 0.6) is 0 Å². The highest BCUT2D eigenvalue weighted by Crippen LogP contribution is 2.29. The second kappa shape index (κ2) is 4.92. The van der Waals surface area contributed by atoms with Crippen molar-refractivity contribution in [3.63, 3.8) is 0 Å². The summed E-state index contributed by atoms with van der Waals surface area (Å²) in [4.78, 5) is 4.40. The highest BCUT2D eigenvalue weighted by Gasteiger charge is 2.35. The second-order valence-electron chi connectivity index (χ2n) is 4.70. The third kappa shape index (κ3) is 2.49. The SMILES string of the molecule is NC1(c2nc(-c3ccc(Cl)cc3)no2)CCOCC1. The van der Waals surface area contributed by atoms with Crippen LogP contribution in [0.1, 0.15) is 18.7 Å². The van der Waals surface area contributed by atoms with E-state index in [0.29, 0.717) is 42.8 Å². The molecule has 0 radical (unpaired) electrons. The average Bonchev–Trinajstić information content (AvgIpc) is 2.91.